The monoisotopic (exact) mass is 555 g/mol. The van der Waals surface area contributed by atoms with E-state index in [4.69, 9.17) is 15.0 Å². The molecule has 3 nitrogen and oxygen atoms in total. The van der Waals surface area contributed by atoms with Crippen molar-refractivity contribution >= 4 is 0 Å². The van der Waals surface area contributed by atoms with Gasteiger partial charge in [0.15, 0.2) is 11.6 Å². The lowest BCUT2D eigenvalue weighted by atomic mass is 9.60. The Morgan fingerprint density at radius 3 is 1.35 bits per heavy atom. The van der Waals surface area contributed by atoms with Crippen LogP contribution in [0.1, 0.15) is 55.3 Å². The van der Waals surface area contributed by atoms with Crippen LogP contribution in [0.3, 0.4) is 0 Å². The summed E-state index contributed by atoms with van der Waals surface area (Å²) in [7, 11) is 0. The molecule has 1 heterocycles. The Labute approximate surface area is 253 Å². The molecule has 0 amide bonds. The van der Waals surface area contributed by atoms with Crippen molar-refractivity contribution in [2.45, 2.75) is 38.0 Å². The van der Waals surface area contributed by atoms with Gasteiger partial charge in [-0.25, -0.2) is 15.0 Å². The van der Waals surface area contributed by atoms with Crippen LogP contribution in [-0.2, 0) is 10.8 Å². The van der Waals surface area contributed by atoms with Crippen LogP contribution in [0, 0.1) is 5.41 Å². The first-order valence-electron chi connectivity index (χ1n) is 15.1. The van der Waals surface area contributed by atoms with Crippen molar-refractivity contribution in [1.29, 1.82) is 0 Å². The van der Waals surface area contributed by atoms with Crippen molar-refractivity contribution in [3.8, 4) is 33.9 Å². The van der Waals surface area contributed by atoms with E-state index >= 15 is 0 Å². The average Bonchev–Trinajstić information content (AvgIpc) is 3.57. The van der Waals surface area contributed by atoms with Gasteiger partial charge in [0.1, 0.15) is 5.82 Å². The minimum atomic E-state index is -0.467. The summed E-state index contributed by atoms with van der Waals surface area (Å²) in [6, 6.07) is 47.4. The molecule has 0 N–H and O–H groups in total. The zero-order valence-corrected chi connectivity index (χ0v) is 24.8. The van der Waals surface area contributed by atoms with E-state index in [-0.39, 0.29) is 10.8 Å². The van der Waals surface area contributed by atoms with Gasteiger partial charge in [-0.3, -0.25) is 0 Å². The molecule has 6 aromatic rings. The molecule has 0 radical (unpaired) electrons. The Morgan fingerprint density at radius 1 is 0.442 bits per heavy atom. The Morgan fingerprint density at radius 2 is 0.837 bits per heavy atom. The second-order valence-electron chi connectivity index (χ2n) is 12.9. The van der Waals surface area contributed by atoms with Gasteiger partial charge in [0, 0.05) is 16.5 Å². The largest absolute Gasteiger partial charge is 0.212 e. The second kappa shape index (κ2) is 9.31. The molecule has 2 bridgehead atoms. The van der Waals surface area contributed by atoms with Gasteiger partial charge in [-0.15, -0.1) is 0 Å². The highest BCUT2D eigenvalue weighted by Crippen LogP contribution is 2.70. The Bertz CT molecular complexity index is 1920. The number of rotatable bonds is 4. The molecule has 5 aromatic carbocycles. The molecule has 8 rings (SSSR count). The van der Waals surface area contributed by atoms with Crippen LogP contribution in [0.5, 0.6) is 0 Å². The van der Waals surface area contributed by atoms with Gasteiger partial charge in [0.05, 0.1) is 5.41 Å². The van der Waals surface area contributed by atoms with E-state index in [1.54, 1.807) is 0 Å². The Hall–Kier alpha value is -4.89. The molecule has 2 aliphatic rings. The quantitative estimate of drug-likeness (QED) is 0.218. The van der Waals surface area contributed by atoms with Gasteiger partial charge >= 0.3 is 0 Å². The lowest BCUT2D eigenvalue weighted by Crippen LogP contribution is -2.38. The molecular weight excluding hydrogens is 522 g/mol. The number of aromatic nitrogens is 3. The standard InChI is InChI=1S/C40H33N3/c1-38(2,3)40-26-39(31-18-10-12-20-33(31)40,32-19-11-13-21-34(32)40)37-42-35(29-16-8-5-9-17-29)41-36(43-37)30-24-22-28(23-25-30)27-14-6-4-7-15-27/h4-25H,26H2,1-3H3. The van der Waals surface area contributed by atoms with Crippen LogP contribution in [0.25, 0.3) is 33.9 Å². The molecule has 0 unspecified atom stereocenters. The highest BCUT2D eigenvalue weighted by molar-refractivity contribution is 5.73. The first kappa shape index (κ1) is 25.8. The van der Waals surface area contributed by atoms with E-state index in [9.17, 15) is 0 Å². The molecule has 0 saturated carbocycles. The summed E-state index contributed by atoms with van der Waals surface area (Å²) in [5.41, 5.74) is 9.15. The van der Waals surface area contributed by atoms with Crippen molar-refractivity contribution in [2.24, 2.45) is 5.41 Å². The molecule has 0 fully saturated rings. The third kappa shape index (κ3) is 3.64. The number of benzene rings is 5. The predicted octanol–water partition coefficient (Wildman–Crippen LogP) is 9.26. The summed E-state index contributed by atoms with van der Waals surface area (Å²) in [6.45, 7) is 7.14. The molecule has 3 heteroatoms. The van der Waals surface area contributed by atoms with Crippen molar-refractivity contribution in [3.63, 3.8) is 0 Å². The van der Waals surface area contributed by atoms with Crippen molar-refractivity contribution in [3.05, 3.63) is 162 Å². The molecule has 2 aliphatic carbocycles. The van der Waals surface area contributed by atoms with E-state index in [2.05, 4.69) is 130 Å². The fraction of sp³-hybridized carbons (Fsp3) is 0.175. The maximum absolute atomic E-state index is 5.37. The van der Waals surface area contributed by atoms with E-state index in [0.717, 1.165) is 23.4 Å². The fourth-order valence-electron chi connectivity index (χ4n) is 7.77. The van der Waals surface area contributed by atoms with Gasteiger partial charge in [-0.05, 0) is 45.2 Å². The first-order chi connectivity index (χ1) is 20.9. The topological polar surface area (TPSA) is 38.7 Å². The summed E-state index contributed by atoms with van der Waals surface area (Å²) in [6.07, 6.45) is 0.910. The van der Waals surface area contributed by atoms with E-state index in [0.29, 0.717) is 11.6 Å². The number of fused-ring (bicyclic) bond motifs is 8. The Kier molecular flexibility index (Phi) is 5.58. The lowest BCUT2D eigenvalue weighted by Gasteiger charge is -2.43. The third-order valence-electron chi connectivity index (χ3n) is 9.80. The first-order valence-corrected chi connectivity index (χ1v) is 15.1. The van der Waals surface area contributed by atoms with E-state index in [1.165, 1.54) is 33.4 Å². The molecule has 0 saturated heterocycles. The van der Waals surface area contributed by atoms with Crippen LogP contribution in [0.15, 0.2) is 133 Å². The summed E-state index contributed by atoms with van der Waals surface area (Å²) in [5.74, 6) is 2.23. The highest BCUT2D eigenvalue weighted by atomic mass is 15.1. The van der Waals surface area contributed by atoms with Gasteiger partial charge in [0.2, 0.25) is 0 Å². The van der Waals surface area contributed by atoms with Gasteiger partial charge in [-0.2, -0.15) is 0 Å². The highest BCUT2D eigenvalue weighted by Gasteiger charge is 2.66. The summed E-state index contributed by atoms with van der Waals surface area (Å²) in [5, 5.41) is 0. The summed E-state index contributed by atoms with van der Waals surface area (Å²) in [4.78, 5) is 15.8. The lowest BCUT2D eigenvalue weighted by molar-refractivity contribution is 0.228. The zero-order chi connectivity index (χ0) is 29.2. The van der Waals surface area contributed by atoms with Crippen LogP contribution in [-0.4, -0.2) is 15.0 Å². The minimum absolute atomic E-state index is 0.0111. The minimum Gasteiger partial charge on any atom is -0.212 e. The van der Waals surface area contributed by atoms with Gasteiger partial charge < -0.3 is 0 Å². The van der Waals surface area contributed by atoms with Crippen molar-refractivity contribution < 1.29 is 0 Å². The molecular formula is C40H33N3. The summed E-state index contributed by atoms with van der Waals surface area (Å²) >= 11 is 0. The van der Waals surface area contributed by atoms with Crippen LogP contribution >= 0.6 is 0 Å². The number of hydrogen-bond acceptors (Lipinski definition) is 3. The van der Waals surface area contributed by atoms with E-state index < -0.39 is 5.41 Å². The molecule has 1 aromatic heterocycles. The molecule has 43 heavy (non-hydrogen) atoms. The van der Waals surface area contributed by atoms with E-state index in [1.807, 2.05) is 24.3 Å². The maximum Gasteiger partial charge on any atom is 0.163 e. The SMILES string of the molecule is CC(C)(C)C12CC(c3nc(-c4ccccc4)nc(-c4ccc(-c5ccccc5)cc4)n3)(c3ccccc31)c1ccccc12. The zero-order valence-electron chi connectivity index (χ0n) is 24.8. The fourth-order valence-corrected chi connectivity index (χ4v) is 7.77. The second-order valence-corrected chi connectivity index (χ2v) is 12.9. The van der Waals surface area contributed by atoms with Crippen LogP contribution in [0.4, 0.5) is 0 Å². The summed E-state index contributed by atoms with van der Waals surface area (Å²) < 4.78 is 0. The van der Waals surface area contributed by atoms with Crippen LogP contribution < -0.4 is 0 Å². The van der Waals surface area contributed by atoms with Crippen LogP contribution in [0.2, 0.25) is 0 Å². The molecule has 0 atom stereocenters. The molecule has 0 aliphatic heterocycles. The Balaban J connectivity index is 1.38. The predicted molar refractivity (Wildman–Crippen MR) is 174 cm³/mol. The average molecular weight is 556 g/mol. The number of hydrogen-bond donors (Lipinski definition) is 0. The molecule has 0 spiro atoms. The third-order valence-corrected chi connectivity index (χ3v) is 9.80. The normalized spacial score (nSPS) is 20.1. The van der Waals surface area contributed by atoms with Crippen molar-refractivity contribution in [1.82, 2.24) is 15.0 Å². The number of nitrogens with zero attached hydrogens (tertiary/aromatic N) is 3. The smallest absolute Gasteiger partial charge is 0.163 e. The van der Waals surface area contributed by atoms with Gasteiger partial charge in [0.25, 0.3) is 0 Å². The molecule has 208 valence electrons. The van der Waals surface area contributed by atoms with Crippen molar-refractivity contribution in [2.75, 3.05) is 0 Å². The maximum atomic E-state index is 5.37. The van der Waals surface area contributed by atoms with Gasteiger partial charge in [-0.1, -0.05) is 154 Å².